The smallest absolute Gasteiger partial charge is 0.256 e. The van der Waals surface area contributed by atoms with E-state index in [4.69, 9.17) is 0 Å². The predicted octanol–water partition coefficient (Wildman–Crippen LogP) is 3.55. The Morgan fingerprint density at radius 3 is 2.37 bits per heavy atom. The Kier molecular flexibility index (Phi) is 5.97. The van der Waals surface area contributed by atoms with Gasteiger partial charge in [-0.1, -0.05) is 39.8 Å². The van der Waals surface area contributed by atoms with Crippen LogP contribution >= 0.6 is 0 Å². The van der Waals surface area contributed by atoms with E-state index in [1.807, 2.05) is 20.8 Å². The molecule has 6 nitrogen and oxygen atoms in total. The topological polar surface area (TPSA) is 95.5 Å². The van der Waals surface area contributed by atoms with Gasteiger partial charge in [-0.25, -0.2) is 13.1 Å². The van der Waals surface area contributed by atoms with Gasteiger partial charge in [-0.3, -0.25) is 4.79 Å². The molecule has 2 aromatic rings. The fourth-order valence-corrected chi connectivity index (χ4v) is 3.65. The quantitative estimate of drug-likeness (QED) is 0.681. The molecule has 27 heavy (non-hydrogen) atoms. The number of carbonyl (C=O) groups excluding carboxylic acids is 1. The second-order valence-electron chi connectivity index (χ2n) is 7.41. The lowest BCUT2D eigenvalue weighted by Gasteiger charge is -2.20. The lowest BCUT2D eigenvalue weighted by molar-refractivity contribution is 0.102. The summed E-state index contributed by atoms with van der Waals surface area (Å²) in [5.41, 5.74) is 1.95. The van der Waals surface area contributed by atoms with Crippen LogP contribution in [0, 0.1) is 6.92 Å². The highest BCUT2D eigenvalue weighted by molar-refractivity contribution is 7.89. The maximum absolute atomic E-state index is 12.7. The number of carbonyl (C=O) groups is 1. The van der Waals surface area contributed by atoms with Crippen LogP contribution in [-0.4, -0.2) is 26.0 Å². The summed E-state index contributed by atoms with van der Waals surface area (Å²) in [6, 6.07) is 9.45. The molecule has 0 aliphatic heterocycles. The van der Waals surface area contributed by atoms with Crippen molar-refractivity contribution in [3.63, 3.8) is 0 Å². The standard InChI is InChI=1S/C20H26N2O4S/c1-6-21-27(25,26)15-9-7-13(2)16(12-15)19(24)22-17-11-14(20(3,4)5)8-10-18(17)23/h7-12,21,23H,6H2,1-5H3,(H,22,24). The average Bonchev–Trinajstić information content (AvgIpc) is 2.55. The molecule has 0 spiro atoms. The van der Waals surface area contributed by atoms with Crippen molar-refractivity contribution in [3.8, 4) is 5.75 Å². The Morgan fingerprint density at radius 1 is 1.11 bits per heavy atom. The highest BCUT2D eigenvalue weighted by Gasteiger charge is 2.20. The normalized spacial score (nSPS) is 12.0. The van der Waals surface area contributed by atoms with Crippen LogP contribution in [0.2, 0.25) is 0 Å². The molecule has 2 aromatic carbocycles. The molecule has 0 aliphatic carbocycles. The van der Waals surface area contributed by atoms with Gasteiger partial charge in [-0.2, -0.15) is 0 Å². The summed E-state index contributed by atoms with van der Waals surface area (Å²) in [5.74, 6) is -0.534. The molecule has 0 aliphatic rings. The van der Waals surface area contributed by atoms with Crippen LogP contribution in [0.5, 0.6) is 5.75 Å². The minimum Gasteiger partial charge on any atom is -0.506 e. The number of aryl methyl sites for hydroxylation is 1. The van der Waals surface area contributed by atoms with Gasteiger partial charge in [0.1, 0.15) is 5.75 Å². The van der Waals surface area contributed by atoms with Crippen LogP contribution < -0.4 is 10.0 Å². The van der Waals surface area contributed by atoms with E-state index in [0.29, 0.717) is 5.56 Å². The first-order valence-corrected chi connectivity index (χ1v) is 10.2. The minimum absolute atomic E-state index is 0.0211. The van der Waals surface area contributed by atoms with Gasteiger partial charge in [0.25, 0.3) is 5.91 Å². The fraction of sp³-hybridized carbons (Fsp3) is 0.350. The maximum atomic E-state index is 12.7. The van der Waals surface area contributed by atoms with Crippen LogP contribution in [0.15, 0.2) is 41.3 Å². The molecular weight excluding hydrogens is 364 g/mol. The van der Waals surface area contributed by atoms with E-state index < -0.39 is 15.9 Å². The van der Waals surface area contributed by atoms with Gasteiger partial charge in [0.05, 0.1) is 10.6 Å². The molecule has 0 radical (unpaired) electrons. The predicted molar refractivity (Wildman–Crippen MR) is 107 cm³/mol. The molecule has 3 N–H and O–H groups in total. The third-order valence-corrected chi connectivity index (χ3v) is 5.75. The largest absolute Gasteiger partial charge is 0.506 e. The van der Waals surface area contributed by atoms with Crippen LogP contribution in [0.4, 0.5) is 5.69 Å². The minimum atomic E-state index is -3.67. The molecule has 0 saturated carbocycles. The van der Waals surface area contributed by atoms with Gasteiger partial charge in [-0.15, -0.1) is 0 Å². The van der Waals surface area contributed by atoms with Crippen molar-refractivity contribution in [2.45, 2.75) is 44.9 Å². The molecule has 2 rings (SSSR count). The number of hydrogen-bond acceptors (Lipinski definition) is 4. The van der Waals surface area contributed by atoms with Crippen molar-refractivity contribution < 1.29 is 18.3 Å². The Labute approximate surface area is 160 Å². The van der Waals surface area contributed by atoms with Crippen molar-refractivity contribution in [2.24, 2.45) is 0 Å². The number of phenolic OH excluding ortho intramolecular Hbond substituents is 1. The zero-order valence-electron chi connectivity index (χ0n) is 16.3. The van der Waals surface area contributed by atoms with Gasteiger partial charge < -0.3 is 10.4 Å². The van der Waals surface area contributed by atoms with Gasteiger partial charge >= 0.3 is 0 Å². The molecule has 0 fully saturated rings. The van der Waals surface area contributed by atoms with Crippen LogP contribution in [0.3, 0.4) is 0 Å². The van der Waals surface area contributed by atoms with Crippen LogP contribution in [-0.2, 0) is 15.4 Å². The molecule has 146 valence electrons. The van der Waals surface area contributed by atoms with Crippen molar-refractivity contribution in [1.29, 1.82) is 0 Å². The van der Waals surface area contributed by atoms with E-state index in [-0.39, 0.29) is 33.9 Å². The number of nitrogens with one attached hydrogen (secondary N) is 2. The summed E-state index contributed by atoms with van der Waals surface area (Å²) < 4.78 is 26.8. The Morgan fingerprint density at radius 2 is 1.78 bits per heavy atom. The first-order chi connectivity index (χ1) is 12.5. The Bertz CT molecular complexity index is 960. The van der Waals surface area contributed by atoms with Gasteiger partial charge in [0.15, 0.2) is 0 Å². The fourth-order valence-electron chi connectivity index (χ4n) is 2.58. The van der Waals surface area contributed by atoms with E-state index in [2.05, 4.69) is 10.0 Å². The number of sulfonamides is 1. The third kappa shape index (κ3) is 4.87. The first-order valence-electron chi connectivity index (χ1n) is 8.71. The second kappa shape index (κ2) is 7.70. The summed E-state index contributed by atoms with van der Waals surface area (Å²) in [7, 11) is -3.67. The van der Waals surface area contributed by atoms with E-state index in [1.54, 1.807) is 32.0 Å². The van der Waals surface area contributed by atoms with Crippen LogP contribution in [0.25, 0.3) is 0 Å². The molecule has 0 heterocycles. The first kappa shape index (κ1) is 20.9. The number of aromatic hydroxyl groups is 1. The van der Waals surface area contributed by atoms with Crippen LogP contribution in [0.1, 0.15) is 49.2 Å². The van der Waals surface area contributed by atoms with E-state index in [0.717, 1.165) is 5.56 Å². The molecule has 1 amide bonds. The highest BCUT2D eigenvalue weighted by atomic mass is 32.2. The van der Waals surface area contributed by atoms with Crippen molar-refractivity contribution in [2.75, 3.05) is 11.9 Å². The number of anilines is 1. The SMILES string of the molecule is CCNS(=O)(=O)c1ccc(C)c(C(=O)Nc2cc(C(C)(C)C)ccc2O)c1. The van der Waals surface area contributed by atoms with Crippen molar-refractivity contribution in [3.05, 3.63) is 53.1 Å². The second-order valence-corrected chi connectivity index (χ2v) is 9.18. The summed E-state index contributed by atoms with van der Waals surface area (Å²) in [4.78, 5) is 12.8. The lowest BCUT2D eigenvalue weighted by atomic mass is 9.87. The maximum Gasteiger partial charge on any atom is 0.256 e. The number of hydrogen-bond donors (Lipinski definition) is 3. The van der Waals surface area contributed by atoms with Gasteiger partial charge in [-0.05, 0) is 47.7 Å². The Balaban J connectivity index is 2.39. The summed E-state index contributed by atoms with van der Waals surface area (Å²) in [6.45, 7) is 9.76. The molecule has 0 bridgehead atoms. The number of amides is 1. The van der Waals surface area contributed by atoms with Crippen molar-refractivity contribution in [1.82, 2.24) is 4.72 Å². The third-order valence-electron chi connectivity index (χ3n) is 4.21. The van der Waals surface area contributed by atoms with E-state index in [1.165, 1.54) is 18.2 Å². The molecule has 0 saturated heterocycles. The summed E-state index contributed by atoms with van der Waals surface area (Å²) >= 11 is 0. The molecule has 0 unspecified atom stereocenters. The lowest BCUT2D eigenvalue weighted by Crippen LogP contribution is -2.24. The number of rotatable bonds is 5. The zero-order valence-corrected chi connectivity index (χ0v) is 17.1. The summed E-state index contributed by atoms with van der Waals surface area (Å²) in [6.07, 6.45) is 0. The summed E-state index contributed by atoms with van der Waals surface area (Å²) in [5, 5.41) is 12.8. The van der Waals surface area contributed by atoms with E-state index >= 15 is 0 Å². The average molecular weight is 391 g/mol. The number of phenols is 1. The van der Waals surface area contributed by atoms with E-state index in [9.17, 15) is 18.3 Å². The Hall–Kier alpha value is -2.38. The van der Waals surface area contributed by atoms with Gasteiger partial charge in [0, 0.05) is 12.1 Å². The highest BCUT2D eigenvalue weighted by Crippen LogP contribution is 2.31. The number of benzene rings is 2. The molecule has 0 atom stereocenters. The zero-order chi connectivity index (χ0) is 20.4. The molecule has 7 heteroatoms. The molecular formula is C20H26N2O4S. The molecule has 0 aromatic heterocycles. The van der Waals surface area contributed by atoms with Crippen molar-refractivity contribution >= 4 is 21.6 Å². The van der Waals surface area contributed by atoms with Gasteiger partial charge in [0.2, 0.25) is 10.0 Å². The monoisotopic (exact) mass is 390 g/mol.